The van der Waals surface area contributed by atoms with Crippen LogP contribution in [0.2, 0.25) is 0 Å². The topological polar surface area (TPSA) is 12.0 Å². The molecular formula is C16H21NS2. The maximum Gasteiger partial charge on any atom is 0.0510 e. The summed E-state index contributed by atoms with van der Waals surface area (Å²) in [7, 11) is 0. The number of hydrogen-bond acceptors (Lipinski definition) is 3. The van der Waals surface area contributed by atoms with E-state index in [1.807, 2.05) is 23.1 Å². The monoisotopic (exact) mass is 291 g/mol. The zero-order valence-electron chi connectivity index (χ0n) is 11.6. The zero-order chi connectivity index (χ0) is 13.5. The second kappa shape index (κ2) is 7.73. The Labute approximate surface area is 124 Å². The third-order valence-corrected chi connectivity index (χ3v) is 5.06. The molecule has 1 unspecified atom stereocenters. The summed E-state index contributed by atoms with van der Waals surface area (Å²) >= 11 is 3.77. The van der Waals surface area contributed by atoms with E-state index in [4.69, 9.17) is 0 Å². The minimum atomic E-state index is 0.464. The van der Waals surface area contributed by atoms with E-state index >= 15 is 0 Å². The first-order valence-electron chi connectivity index (χ1n) is 6.76. The van der Waals surface area contributed by atoms with Gasteiger partial charge in [0.25, 0.3) is 0 Å². The summed E-state index contributed by atoms with van der Waals surface area (Å²) in [6, 6.07) is 13.6. The lowest BCUT2D eigenvalue weighted by molar-refractivity contribution is 0.585. The number of hydrogen-bond donors (Lipinski definition) is 1. The van der Waals surface area contributed by atoms with Gasteiger partial charge in [0.05, 0.1) is 6.04 Å². The molecule has 1 heterocycles. The molecule has 0 aliphatic rings. The second-order valence-electron chi connectivity index (χ2n) is 4.65. The first kappa shape index (κ1) is 14.6. The molecule has 0 radical (unpaired) electrons. The van der Waals surface area contributed by atoms with Gasteiger partial charge in [-0.2, -0.15) is 0 Å². The van der Waals surface area contributed by atoms with Crippen LogP contribution in [-0.2, 0) is 0 Å². The van der Waals surface area contributed by atoms with Crippen molar-refractivity contribution in [3.8, 4) is 0 Å². The fourth-order valence-electron chi connectivity index (χ4n) is 1.86. The van der Waals surface area contributed by atoms with Crippen LogP contribution in [-0.4, -0.2) is 12.3 Å². The second-order valence-corrected chi connectivity index (χ2v) is 6.72. The van der Waals surface area contributed by atoms with Crippen LogP contribution in [0, 0.1) is 6.92 Å². The Balaban J connectivity index is 1.94. The van der Waals surface area contributed by atoms with Gasteiger partial charge in [0.15, 0.2) is 0 Å². The van der Waals surface area contributed by atoms with E-state index in [9.17, 15) is 0 Å². The van der Waals surface area contributed by atoms with Crippen molar-refractivity contribution < 1.29 is 0 Å². The summed E-state index contributed by atoms with van der Waals surface area (Å²) in [5.41, 5.74) is 1.32. The molecule has 0 aliphatic carbocycles. The lowest BCUT2D eigenvalue weighted by atomic mass is 10.2. The van der Waals surface area contributed by atoms with Crippen molar-refractivity contribution in [3.05, 3.63) is 52.2 Å². The lowest BCUT2D eigenvalue weighted by Crippen LogP contribution is -2.23. The van der Waals surface area contributed by atoms with E-state index in [0.717, 1.165) is 12.3 Å². The minimum absolute atomic E-state index is 0.464. The Hall–Kier alpha value is -0.770. The maximum atomic E-state index is 3.64. The summed E-state index contributed by atoms with van der Waals surface area (Å²) in [5.74, 6) is 1.09. The smallest absolute Gasteiger partial charge is 0.0510 e. The molecule has 1 nitrogen and oxygen atoms in total. The molecule has 0 fully saturated rings. The van der Waals surface area contributed by atoms with Gasteiger partial charge in [0.1, 0.15) is 0 Å². The Morgan fingerprint density at radius 1 is 1.21 bits per heavy atom. The largest absolute Gasteiger partial charge is 0.309 e. The van der Waals surface area contributed by atoms with Gasteiger partial charge in [-0.1, -0.05) is 30.7 Å². The summed E-state index contributed by atoms with van der Waals surface area (Å²) in [5, 5.41) is 5.80. The standard InChI is InChI=1S/C16H21NS2/c1-3-10-17-15(16-5-4-11-18-16)12-19-14-8-6-13(2)7-9-14/h4-9,11,15,17H,3,10,12H2,1-2H3. The molecule has 19 heavy (non-hydrogen) atoms. The summed E-state index contributed by atoms with van der Waals surface area (Å²) in [4.78, 5) is 2.79. The first-order valence-corrected chi connectivity index (χ1v) is 8.62. The van der Waals surface area contributed by atoms with E-state index in [2.05, 4.69) is 60.9 Å². The highest BCUT2D eigenvalue weighted by Crippen LogP contribution is 2.27. The van der Waals surface area contributed by atoms with Gasteiger partial charge >= 0.3 is 0 Å². The molecule has 0 amide bonds. The van der Waals surface area contributed by atoms with Crippen molar-refractivity contribution in [2.24, 2.45) is 0 Å². The SMILES string of the molecule is CCCNC(CSc1ccc(C)cc1)c1cccs1. The predicted octanol–water partition coefficient (Wildman–Crippen LogP) is 4.89. The van der Waals surface area contributed by atoms with Gasteiger partial charge in [0.2, 0.25) is 0 Å². The fraction of sp³-hybridized carbons (Fsp3) is 0.375. The summed E-state index contributed by atoms with van der Waals surface area (Å²) in [6.07, 6.45) is 1.18. The van der Waals surface area contributed by atoms with Crippen molar-refractivity contribution in [3.63, 3.8) is 0 Å². The molecule has 3 heteroatoms. The molecule has 0 spiro atoms. The van der Waals surface area contributed by atoms with E-state index < -0.39 is 0 Å². The highest BCUT2D eigenvalue weighted by molar-refractivity contribution is 7.99. The third kappa shape index (κ3) is 4.68. The molecule has 1 atom stereocenters. The maximum absolute atomic E-state index is 3.64. The van der Waals surface area contributed by atoms with Crippen LogP contribution in [0.15, 0.2) is 46.7 Å². The molecule has 0 bridgehead atoms. The number of rotatable bonds is 7. The van der Waals surface area contributed by atoms with Crippen LogP contribution in [0.4, 0.5) is 0 Å². The van der Waals surface area contributed by atoms with Gasteiger partial charge in [-0.05, 0) is 43.5 Å². The molecule has 2 aromatic rings. The van der Waals surface area contributed by atoms with Crippen molar-refractivity contribution >= 4 is 23.1 Å². The molecule has 0 saturated heterocycles. The Morgan fingerprint density at radius 2 is 2.00 bits per heavy atom. The number of aryl methyl sites for hydroxylation is 1. The van der Waals surface area contributed by atoms with Gasteiger partial charge in [-0.25, -0.2) is 0 Å². The summed E-state index contributed by atoms with van der Waals surface area (Å²) < 4.78 is 0. The molecule has 2 rings (SSSR count). The first-order chi connectivity index (χ1) is 9.29. The zero-order valence-corrected chi connectivity index (χ0v) is 13.2. The quantitative estimate of drug-likeness (QED) is 0.729. The molecule has 1 aromatic heterocycles. The van der Waals surface area contributed by atoms with Crippen LogP contribution >= 0.6 is 23.1 Å². The van der Waals surface area contributed by atoms with E-state index in [0.29, 0.717) is 6.04 Å². The lowest BCUT2D eigenvalue weighted by Gasteiger charge is -2.16. The minimum Gasteiger partial charge on any atom is -0.309 e. The highest BCUT2D eigenvalue weighted by Gasteiger charge is 2.11. The number of thiophene rings is 1. The highest BCUT2D eigenvalue weighted by atomic mass is 32.2. The molecule has 0 aliphatic heterocycles. The van der Waals surface area contributed by atoms with E-state index in [1.54, 1.807) is 0 Å². The third-order valence-electron chi connectivity index (χ3n) is 2.97. The van der Waals surface area contributed by atoms with E-state index in [1.165, 1.54) is 21.8 Å². The normalized spacial score (nSPS) is 12.5. The summed E-state index contributed by atoms with van der Waals surface area (Å²) in [6.45, 7) is 5.42. The average Bonchev–Trinajstić information content (AvgIpc) is 2.95. The van der Waals surface area contributed by atoms with Crippen LogP contribution in [0.3, 0.4) is 0 Å². The van der Waals surface area contributed by atoms with Crippen molar-refractivity contribution in [2.75, 3.05) is 12.3 Å². The molecule has 1 aromatic carbocycles. The van der Waals surface area contributed by atoms with Crippen LogP contribution in [0.5, 0.6) is 0 Å². The predicted molar refractivity (Wildman–Crippen MR) is 87.3 cm³/mol. The molecule has 102 valence electrons. The number of benzene rings is 1. The van der Waals surface area contributed by atoms with Gasteiger partial charge in [-0.15, -0.1) is 23.1 Å². The van der Waals surface area contributed by atoms with Crippen molar-refractivity contribution in [2.45, 2.75) is 31.2 Å². The Kier molecular flexibility index (Phi) is 5.95. The van der Waals surface area contributed by atoms with Gasteiger partial charge in [-0.3, -0.25) is 0 Å². The Morgan fingerprint density at radius 3 is 2.63 bits per heavy atom. The van der Waals surface area contributed by atoms with Crippen molar-refractivity contribution in [1.29, 1.82) is 0 Å². The van der Waals surface area contributed by atoms with E-state index in [-0.39, 0.29) is 0 Å². The van der Waals surface area contributed by atoms with Crippen LogP contribution in [0.25, 0.3) is 0 Å². The molecule has 0 saturated carbocycles. The van der Waals surface area contributed by atoms with Crippen LogP contribution < -0.4 is 5.32 Å². The number of thioether (sulfide) groups is 1. The fourth-order valence-corrected chi connectivity index (χ4v) is 3.76. The molecule has 1 N–H and O–H groups in total. The Bertz CT molecular complexity index is 462. The molecular weight excluding hydrogens is 270 g/mol. The average molecular weight is 291 g/mol. The number of nitrogens with one attached hydrogen (secondary N) is 1. The van der Waals surface area contributed by atoms with Gasteiger partial charge < -0.3 is 5.32 Å². The van der Waals surface area contributed by atoms with Crippen molar-refractivity contribution in [1.82, 2.24) is 5.32 Å². The van der Waals surface area contributed by atoms with Crippen LogP contribution in [0.1, 0.15) is 29.8 Å². The van der Waals surface area contributed by atoms with Gasteiger partial charge in [0, 0.05) is 15.5 Å².